The lowest BCUT2D eigenvalue weighted by atomic mass is 10.2. The Kier molecular flexibility index (Phi) is 5.09. The lowest BCUT2D eigenvalue weighted by Crippen LogP contribution is -2.30. The van der Waals surface area contributed by atoms with E-state index in [0.29, 0.717) is 0 Å². The van der Waals surface area contributed by atoms with E-state index in [0.717, 1.165) is 13.1 Å². The highest BCUT2D eigenvalue weighted by molar-refractivity contribution is 5.55. The van der Waals surface area contributed by atoms with Crippen LogP contribution in [0.1, 0.15) is 0 Å². The first-order chi connectivity index (χ1) is 10.1. The molecule has 0 spiro atoms. The largest absolute Gasteiger partial charge is 0.378 e. The minimum atomic E-state index is 0.993. The van der Waals surface area contributed by atoms with Gasteiger partial charge in [0, 0.05) is 58.3 Å². The average Bonchev–Trinajstić information content (AvgIpc) is 2.53. The van der Waals surface area contributed by atoms with Crippen LogP contribution >= 0.6 is 0 Å². The maximum Gasteiger partial charge on any atom is 0.0365 e. The second kappa shape index (κ2) is 7.02. The molecule has 0 saturated carbocycles. The summed E-state index contributed by atoms with van der Waals surface area (Å²) < 4.78 is 0. The molecule has 3 nitrogen and oxygen atoms in total. The van der Waals surface area contributed by atoms with Crippen molar-refractivity contribution in [3.8, 4) is 0 Å². The molecule has 21 heavy (non-hydrogen) atoms. The van der Waals surface area contributed by atoms with Gasteiger partial charge in [0.25, 0.3) is 0 Å². The molecule has 112 valence electrons. The number of likely N-dealkylation sites (N-methyl/N-ethyl adjacent to an activating group) is 2. The molecule has 0 radical (unpaired) electrons. The van der Waals surface area contributed by atoms with Crippen molar-refractivity contribution in [1.82, 2.24) is 0 Å². The molecular weight excluding hydrogens is 258 g/mol. The van der Waals surface area contributed by atoms with E-state index in [1.54, 1.807) is 0 Å². The molecule has 0 N–H and O–H groups in total. The second-order valence-electron chi connectivity index (χ2n) is 5.59. The van der Waals surface area contributed by atoms with Gasteiger partial charge in [-0.1, -0.05) is 18.2 Å². The predicted octanol–water partition coefficient (Wildman–Crippen LogP) is 3.33. The number of hydrogen-bond acceptors (Lipinski definition) is 3. The molecule has 2 aromatic rings. The zero-order valence-corrected chi connectivity index (χ0v) is 13.5. The lowest BCUT2D eigenvalue weighted by molar-refractivity contribution is 0.833. The maximum absolute atomic E-state index is 2.29. The zero-order valence-electron chi connectivity index (χ0n) is 13.5. The van der Waals surface area contributed by atoms with E-state index in [-0.39, 0.29) is 0 Å². The van der Waals surface area contributed by atoms with Crippen molar-refractivity contribution in [3.05, 3.63) is 54.6 Å². The second-order valence-corrected chi connectivity index (χ2v) is 5.59. The molecule has 0 heterocycles. The number of hydrogen-bond donors (Lipinski definition) is 0. The fraction of sp³-hybridized carbons (Fsp3) is 0.333. The van der Waals surface area contributed by atoms with E-state index in [2.05, 4.69) is 97.5 Å². The first-order valence-electron chi connectivity index (χ1n) is 7.32. The van der Waals surface area contributed by atoms with Crippen LogP contribution in [0.5, 0.6) is 0 Å². The molecule has 0 atom stereocenters. The summed E-state index contributed by atoms with van der Waals surface area (Å²) in [4.78, 5) is 6.69. The molecular formula is C18H25N3. The number of nitrogens with zero attached hydrogens (tertiary/aromatic N) is 3. The Bertz CT molecular complexity index is 534. The Morgan fingerprint density at radius 1 is 0.571 bits per heavy atom. The van der Waals surface area contributed by atoms with E-state index in [9.17, 15) is 0 Å². The van der Waals surface area contributed by atoms with Gasteiger partial charge in [0.15, 0.2) is 0 Å². The van der Waals surface area contributed by atoms with Crippen LogP contribution < -0.4 is 14.7 Å². The van der Waals surface area contributed by atoms with Gasteiger partial charge in [0.1, 0.15) is 0 Å². The summed E-state index contributed by atoms with van der Waals surface area (Å²) in [6, 6.07) is 19.2. The molecule has 0 aliphatic heterocycles. The van der Waals surface area contributed by atoms with Gasteiger partial charge >= 0.3 is 0 Å². The summed E-state index contributed by atoms with van der Waals surface area (Å²) in [7, 11) is 8.41. The monoisotopic (exact) mass is 283 g/mol. The quantitative estimate of drug-likeness (QED) is 0.805. The molecule has 0 saturated heterocycles. The molecule has 2 aromatic carbocycles. The van der Waals surface area contributed by atoms with Crippen molar-refractivity contribution in [1.29, 1.82) is 0 Å². The summed E-state index contributed by atoms with van der Waals surface area (Å²) in [5.74, 6) is 0. The van der Waals surface area contributed by atoms with Crippen LogP contribution in [0, 0.1) is 0 Å². The molecule has 0 aliphatic rings. The van der Waals surface area contributed by atoms with Crippen molar-refractivity contribution in [2.75, 3.05) is 56.0 Å². The van der Waals surface area contributed by atoms with Gasteiger partial charge in [-0.25, -0.2) is 0 Å². The van der Waals surface area contributed by atoms with Crippen LogP contribution in [0.15, 0.2) is 54.6 Å². The molecule has 0 unspecified atom stereocenters. The van der Waals surface area contributed by atoms with E-state index >= 15 is 0 Å². The Labute approximate surface area is 128 Å². The average molecular weight is 283 g/mol. The number of para-hydroxylation sites is 1. The van der Waals surface area contributed by atoms with Crippen molar-refractivity contribution in [2.24, 2.45) is 0 Å². The van der Waals surface area contributed by atoms with Crippen LogP contribution in [-0.2, 0) is 0 Å². The van der Waals surface area contributed by atoms with Crippen LogP contribution in [0.4, 0.5) is 17.1 Å². The maximum atomic E-state index is 2.29. The number of rotatable bonds is 6. The first-order valence-corrected chi connectivity index (χ1v) is 7.32. The molecule has 0 bridgehead atoms. The van der Waals surface area contributed by atoms with Gasteiger partial charge in [0.05, 0.1) is 0 Å². The fourth-order valence-electron chi connectivity index (χ4n) is 2.25. The highest BCUT2D eigenvalue weighted by Gasteiger charge is 2.04. The molecule has 3 heteroatoms. The standard InChI is InChI=1S/C18H25N3/c1-19(2)16-10-12-18(13-11-16)21(4)15-14-20(3)17-8-6-5-7-9-17/h5-13H,14-15H2,1-4H3. The summed E-state index contributed by atoms with van der Waals surface area (Å²) in [5.41, 5.74) is 3.74. The summed E-state index contributed by atoms with van der Waals surface area (Å²) >= 11 is 0. The highest BCUT2D eigenvalue weighted by Crippen LogP contribution is 2.18. The molecule has 2 rings (SSSR count). The van der Waals surface area contributed by atoms with Crippen molar-refractivity contribution >= 4 is 17.1 Å². The van der Waals surface area contributed by atoms with Crippen LogP contribution in [0.3, 0.4) is 0 Å². The van der Waals surface area contributed by atoms with Gasteiger partial charge in [-0.15, -0.1) is 0 Å². The zero-order chi connectivity index (χ0) is 15.2. The Hall–Kier alpha value is -2.16. The number of anilines is 3. The van der Waals surface area contributed by atoms with E-state index in [1.165, 1.54) is 17.1 Å². The summed E-state index contributed by atoms with van der Waals surface area (Å²) in [5, 5.41) is 0. The highest BCUT2D eigenvalue weighted by atomic mass is 15.2. The predicted molar refractivity (Wildman–Crippen MR) is 93.8 cm³/mol. The molecule has 0 aromatic heterocycles. The third kappa shape index (κ3) is 4.15. The number of benzene rings is 2. The topological polar surface area (TPSA) is 9.72 Å². The van der Waals surface area contributed by atoms with Gasteiger partial charge in [-0.2, -0.15) is 0 Å². The molecule has 0 aliphatic carbocycles. The van der Waals surface area contributed by atoms with E-state index in [1.807, 2.05) is 0 Å². The van der Waals surface area contributed by atoms with Crippen LogP contribution in [0.25, 0.3) is 0 Å². The van der Waals surface area contributed by atoms with Gasteiger partial charge in [-0.05, 0) is 36.4 Å². The fourth-order valence-corrected chi connectivity index (χ4v) is 2.25. The van der Waals surface area contributed by atoms with Gasteiger partial charge in [0.2, 0.25) is 0 Å². The molecule has 0 amide bonds. The van der Waals surface area contributed by atoms with Gasteiger partial charge in [-0.3, -0.25) is 0 Å². The minimum absolute atomic E-state index is 0.993. The van der Waals surface area contributed by atoms with Gasteiger partial charge < -0.3 is 14.7 Å². The Morgan fingerprint density at radius 3 is 1.48 bits per heavy atom. The van der Waals surface area contributed by atoms with E-state index in [4.69, 9.17) is 0 Å². The van der Waals surface area contributed by atoms with Crippen LogP contribution in [0.2, 0.25) is 0 Å². The Balaban J connectivity index is 1.91. The van der Waals surface area contributed by atoms with Crippen LogP contribution in [-0.4, -0.2) is 41.3 Å². The lowest BCUT2D eigenvalue weighted by Gasteiger charge is -2.25. The smallest absolute Gasteiger partial charge is 0.0365 e. The minimum Gasteiger partial charge on any atom is -0.378 e. The van der Waals surface area contributed by atoms with E-state index < -0.39 is 0 Å². The first kappa shape index (κ1) is 15.2. The third-order valence-corrected chi connectivity index (χ3v) is 3.77. The molecule has 0 fully saturated rings. The third-order valence-electron chi connectivity index (χ3n) is 3.77. The van der Waals surface area contributed by atoms with Crippen molar-refractivity contribution in [2.45, 2.75) is 0 Å². The van der Waals surface area contributed by atoms with Crippen molar-refractivity contribution in [3.63, 3.8) is 0 Å². The summed E-state index contributed by atoms with van der Waals surface area (Å²) in [6.45, 7) is 1.99. The Morgan fingerprint density at radius 2 is 1.00 bits per heavy atom. The van der Waals surface area contributed by atoms with Crippen molar-refractivity contribution < 1.29 is 0 Å². The SMILES string of the molecule is CN(C)c1ccc(N(C)CCN(C)c2ccccc2)cc1. The summed E-state index contributed by atoms with van der Waals surface area (Å²) in [6.07, 6.45) is 0. The normalized spacial score (nSPS) is 10.3.